The van der Waals surface area contributed by atoms with Crippen molar-refractivity contribution in [1.29, 1.82) is 0 Å². The number of rotatable bonds is 54. The maximum atomic E-state index is 12.8. The van der Waals surface area contributed by atoms with Gasteiger partial charge in [-0.15, -0.1) is 0 Å². The van der Waals surface area contributed by atoms with Crippen LogP contribution < -0.4 is 0 Å². The molecule has 1 unspecified atom stereocenters. The van der Waals surface area contributed by atoms with Gasteiger partial charge in [0.25, 0.3) is 0 Å². The topological polar surface area (TPSA) is 78.9 Å². The number of allylic oxidation sites excluding steroid dienone is 12. The summed E-state index contributed by atoms with van der Waals surface area (Å²) in [5.41, 5.74) is 0. The van der Waals surface area contributed by atoms with Gasteiger partial charge in [0, 0.05) is 19.3 Å². The molecule has 0 heterocycles. The molecule has 0 saturated heterocycles. The molecule has 0 spiro atoms. The van der Waals surface area contributed by atoms with Gasteiger partial charge in [-0.1, -0.05) is 261 Å². The molecule has 0 fully saturated rings. The third kappa shape index (κ3) is 55.8. The Balaban J connectivity index is 4.08. The largest absolute Gasteiger partial charge is 0.462 e. The van der Waals surface area contributed by atoms with E-state index in [9.17, 15) is 14.4 Å². The van der Waals surface area contributed by atoms with Crippen molar-refractivity contribution in [2.75, 3.05) is 13.2 Å². The summed E-state index contributed by atoms with van der Waals surface area (Å²) in [5, 5.41) is 0. The van der Waals surface area contributed by atoms with Crippen molar-refractivity contribution >= 4 is 17.9 Å². The first-order chi connectivity index (χ1) is 34.5. The van der Waals surface area contributed by atoms with Crippen molar-refractivity contribution < 1.29 is 28.6 Å². The van der Waals surface area contributed by atoms with Gasteiger partial charge in [-0.25, -0.2) is 0 Å². The van der Waals surface area contributed by atoms with Gasteiger partial charge in [0.1, 0.15) is 13.2 Å². The Hall–Kier alpha value is -3.15. The average molecular weight is 978 g/mol. The van der Waals surface area contributed by atoms with Gasteiger partial charge in [-0.3, -0.25) is 14.4 Å². The summed E-state index contributed by atoms with van der Waals surface area (Å²) in [4.78, 5) is 37.9. The third-order valence-corrected chi connectivity index (χ3v) is 12.9. The van der Waals surface area contributed by atoms with Gasteiger partial charge in [-0.05, 0) is 89.9 Å². The van der Waals surface area contributed by atoms with Crippen LogP contribution in [0.15, 0.2) is 72.9 Å². The summed E-state index contributed by atoms with van der Waals surface area (Å²) in [5.74, 6) is -0.880. The highest BCUT2D eigenvalue weighted by Crippen LogP contribution is 2.16. The van der Waals surface area contributed by atoms with Crippen molar-refractivity contribution in [3.8, 4) is 0 Å². The fourth-order valence-corrected chi connectivity index (χ4v) is 8.47. The van der Waals surface area contributed by atoms with Crippen LogP contribution in [0.25, 0.3) is 0 Å². The average Bonchev–Trinajstić information content (AvgIpc) is 3.36. The van der Waals surface area contributed by atoms with Gasteiger partial charge in [-0.2, -0.15) is 0 Å². The van der Waals surface area contributed by atoms with Gasteiger partial charge >= 0.3 is 17.9 Å². The van der Waals surface area contributed by atoms with Crippen LogP contribution >= 0.6 is 0 Å². The highest BCUT2D eigenvalue weighted by atomic mass is 16.6. The zero-order valence-electron chi connectivity index (χ0n) is 46.3. The minimum Gasteiger partial charge on any atom is -0.462 e. The van der Waals surface area contributed by atoms with Crippen LogP contribution in [0.1, 0.15) is 297 Å². The maximum absolute atomic E-state index is 12.8. The number of esters is 3. The molecule has 6 nitrogen and oxygen atoms in total. The van der Waals surface area contributed by atoms with Crippen LogP contribution in [0, 0.1) is 0 Å². The lowest BCUT2D eigenvalue weighted by Crippen LogP contribution is -2.30. The van der Waals surface area contributed by atoms with E-state index >= 15 is 0 Å². The number of carbonyl (C=O) groups excluding carboxylic acids is 3. The molecule has 0 radical (unpaired) electrons. The van der Waals surface area contributed by atoms with E-state index in [-0.39, 0.29) is 31.1 Å². The molecule has 6 heteroatoms. The Kier molecular flexibility index (Phi) is 55.8. The van der Waals surface area contributed by atoms with E-state index in [0.717, 1.165) is 89.9 Å². The molecule has 70 heavy (non-hydrogen) atoms. The smallest absolute Gasteiger partial charge is 0.306 e. The van der Waals surface area contributed by atoms with Crippen molar-refractivity contribution in [1.82, 2.24) is 0 Å². The Bertz CT molecular complexity index is 1310. The van der Waals surface area contributed by atoms with Gasteiger partial charge in [0.05, 0.1) is 0 Å². The summed E-state index contributed by atoms with van der Waals surface area (Å²) >= 11 is 0. The second kappa shape index (κ2) is 58.4. The van der Waals surface area contributed by atoms with Crippen LogP contribution in [0.3, 0.4) is 0 Å². The van der Waals surface area contributed by atoms with E-state index in [0.29, 0.717) is 19.3 Å². The minimum atomic E-state index is -0.773. The first kappa shape index (κ1) is 66.9. The summed E-state index contributed by atoms with van der Waals surface area (Å²) in [6, 6.07) is 0. The molecule has 0 N–H and O–H groups in total. The Morgan fingerprint density at radius 2 is 0.557 bits per heavy atom. The van der Waals surface area contributed by atoms with Crippen LogP contribution in [0.5, 0.6) is 0 Å². The zero-order valence-corrected chi connectivity index (χ0v) is 46.3. The van der Waals surface area contributed by atoms with Gasteiger partial charge in [0.15, 0.2) is 6.10 Å². The van der Waals surface area contributed by atoms with E-state index in [2.05, 4.69) is 93.7 Å². The number of hydrogen-bond donors (Lipinski definition) is 0. The molecule has 0 aromatic carbocycles. The minimum absolute atomic E-state index is 0.0750. The highest BCUT2D eigenvalue weighted by Gasteiger charge is 2.19. The van der Waals surface area contributed by atoms with Gasteiger partial charge in [0.2, 0.25) is 0 Å². The summed E-state index contributed by atoms with van der Waals surface area (Å²) in [7, 11) is 0. The lowest BCUT2D eigenvalue weighted by atomic mass is 10.0. The number of unbranched alkanes of at least 4 members (excludes halogenated alkanes) is 31. The van der Waals surface area contributed by atoms with E-state index < -0.39 is 6.10 Å². The molecule has 0 saturated carbocycles. The van der Waals surface area contributed by atoms with Crippen molar-refractivity contribution in [3.63, 3.8) is 0 Å². The van der Waals surface area contributed by atoms with Gasteiger partial charge < -0.3 is 14.2 Å². The summed E-state index contributed by atoms with van der Waals surface area (Å²) in [6.45, 7) is 6.46. The van der Waals surface area contributed by atoms with Crippen molar-refractivity contribution in [3.05, 3.63) is 72.9 Å². The fraction of sp³-hybridized carbons (Fsp3) is 0.766. The van der Waals surface area contributed by atoms with Crippen LogP contribution in [-0.2, 0) is 28.6 Å². The second-order valence-electron chi connectivity index (χ2n) is 19.9. The molecule has 0 aromatic heterocycles. The number of carbonyl (C=O) groups is 3. The normalized spacial score (nSPS) is 12.6. The number of hydrogen-bond acceptors (Lipinski definition) is 6. The molecular weight excluding hydrogens is 865 g/mol. The first-order valence-electron chi connectivity index (χ1n) is 29.9. The zero-order chi connectivity index (χ0) is 50.7. The standard InChI is InChI=1S/C64H112O6/c1-4-7-10-13-16-18-20-22-24-26-28-29-30-31-32-33-34-35-37-38-40-42-44-46-48-51-54-57-63(66)69-60-61(59-68-62(65)56-53-50-15-12-9-6-3)70-64(67)58-55-52-49-47-45-43-41-39-36-27-25-23-21-19-17-14-11-8-5-2/h7,10,16-19,22-25,28-29,61H,4-6,8-9,11-15,20-21,26-27,30-60H2,1-3H3/b10-7-,18-16-,19-17-,24-22-,25-23-,29-28-. The summed E-state index contributed by atoms with van der Waals surface area (Å²) < 4.78 is 16.8. The lowest BCUT2D eigenvalue weighted by molar-refractivity contribution is -0.167. The van der Waals surface area contributed by atoms with E-state index in [1.807, 2.05) is 0 Å². The third-order valence-electron chi connectivity index (χ3n) is 12.9. The molecule has 0 aliphatic heterocycles. The molecule has 0 amide bonds. The van der Waals surface area contributed by atoms with Crippen LogP contribution in [0.2, 0.25) is 0 Å². The SMILES string of the molecule is CC/C=C\C/C=C\C/C=C\C/C=C\CCCCCCCCCCCCCCCCC(=O)OCC(COC(=O)CCCCCCCC)OC(=O)CCCCCCCCCCC/C=C\C/C=C\CCCCC. The second-order valence-corrected chi connectivity index (χ2v) is 19.9. The Morgan fingerprint density at radius 1 is 0.300 bits per heavy atom. The predicted molar refractivity (Wildman–Crippen MR) is 302 cm³/mol. The molecular formula is C64H112O6. The molecule has 0 rings (SSSR count). The Morgan fingerprint density at radius 3 is 0.900 bits per heavy atom. The van der Waals surface area contributed by atoms with E-state index in [4.69, 9.17) is 14.2 Å². The molecule has 0 aliphatic rings. The molecule has 0 aliphatic carbocycles. The molecule has 0 aromatic rings. The Labute approximate surface area is 433 Å². The van der Waals surface area contributed by atoms with E-state index in [1.54, 1.807) is 0 Å². The molecule has 1 atom stereocenters. The quantitative estimate of drug-likeness (QED) is 0.0261. The molecule has 0 bridgehead atoms. The first-order valence-corrected chi connectivity index (χ1v) is 29.9. The predicted octanol–water partition coefficient (Wildman–Crippen LogP) is 20.2. The monoisotopic (exact) mass is 977 g/mol. The fourth-order valence-electron chi connectivity index (χ4n) is 8.47. The van der Waals surface area contributed by atoms with Crippen LogP contribution in [-0.4, -0.2) is 37.2 Å². The highest BCUT2D eigenvalue weighted by molar-refractivity contribution is 5.71. The molecule has 404 valence electrons. The summed E-state index contributed by atoms with van der Waals surface area (Å²) in [6.07, 6.45) is 75.0. The number of ether oxygens (including phenoxy) is 3. The van der Waals surface area contributed by atoms with Crippen molar-refractivity contribution in [2.45, 2.75) is 303 Å². The van der Waals surface area contributed by atoms with E-state index in [1.165, 1.54) is 167 Å². The maximum Gasteiger partial charge on any atom is 0.306 e. The lowest BCUT2D eigenvalue weighted by Gasteiger charge is -2.18. The van der Waals surface area contributed by atoms with Crippen LogP contribution in [0.4, 0.5) is 0 Å². The van der Waals surface area contributed by atoms with Crippen molar-refractivity contribution in [2.24, 2.45) is 0 Å².